The zero-order valence-electron chi connectivity index (χ0n) is 11.6. The van der Waals surface area contributed by atoms with Crippen molar-refractivity contribution in [1.82, 2.24) is 20.0 Å². The fourth-order valence-corrected chi connectivity index (χ4v) is 2.16. The molecule has 3 rings (SSSR count). The summed E-state index contributed by atoms with van der Waals surface area (Å²) in [7, 11) is 2.02. The van der Waals surface area contributed by atoms with Crippen LogP contribution in [0.25, 0.3) is 11.5 Å². The smallest absolute Gasteiger partial charge is 0.311 e. The van der Waals surface area contributed by atoms with Gasteiger partial charge >= 0.3 is 11.8 Å². The van der Waals surface area contributed by atoms with Crippen LogP contribution in [0.4, 0.5) is 4.39 Å². The summed E-state index contributed by atoms with van der Waals surface area (Å²) >= 11 is 0. The second kappa shape index (κ2) is 5.61. The summed E-state index contributed by atoms with van der Waals surface area (Å²) in [6.45, 7) is 2.93. The lowest BCUT2D eigenvalue weighted by atomic mass is 10.2. The number of carbonyl (C=O) groups is 1. The van der Waals surface area contributed by atoms with Crippen LogP contribution in [-0.4, -0.2) is 59.1 Å². The number of piperazine rings is 1. The van der Waals surface area contributed by atoms with Crippen LogP contribution in [0.5, 0.6) is 0 Å². The Bertz CT molecular complexity index is 633. The van der Waals surface area contributed by atoms with E-state index in [4.69, 9.17) is 4.42 Å². The Morgan fingerprint density at radius 2 is 1.81 bits per heavy atom. The van der Waals surface area contributed by atoms with Crippen molar-refractivity contribution >= 4 is 5.91 Å². The van der Waals surface area contributed by atoms with E-state index in [1.807, 2.05) is 7.05 Å². The van der Waals surface area contributed by atoms with E-state index in [0.29, 0.717) is 18.7 Å². The third-order valence-corrected chi connectivity index (χ3v) is 3.49. The molecule has 0 radical (unpaired) electrons. The standard InChI is InChI=1S/C14H15FN4O2/c1-18-6-8-19(9-7-18)14(20)13-17-16-12(21-13)10-2-4-11(15)5-3-10/h2-5H,6-9H2,1H3. The maximum absolute atomic E-state index is 12.9. The van der Waals surface area contributed by atoms with Gasteiger partial charge in [-0.15, -0.1) is 10.2 Å². The van der Waals surface area contributed by atoms with Gasteiger partial charge in [0.25, 0.3) is 0 Å². The summed E-state index contributed by atoms with van der Waals surface area (Å²) in [6, 6.07) is 5.68. The largest absolute Gasteiger partial charge is 0.412 e. The zero-order valence-corrected chi connectivity index (χ0v) is 11.6. The van der Waals surface area contributed by atoms with Gasteiger partial charge in [-0.3, -0.25) is 4.79 Å². The van der Waals surface area contributed by atoms with Gasteiger partial charge in [-0.25, -0.2) is 4.39 Å². The normalized spacial score (nSPS) is 16.2. The molecule has 1 aliphatic rings. The molecule has 6 nitrogen and oxygen atoms in total. The summed E-state index contributed by atoms with van der Waals surface area (Å²) in [4.78, 5) is 16.1. The Balaban J connectivity index is 1.75. The Hall–Kier alpha value is -2.28. The summed E-state index contributed by atoms with van der Waals surface area (Å²) in [5, 5.41) is 7.64. The van der Waals surface area contributed by atoms with Crippen LogP contribution in [0.15, 0.2) is 28.7 Å². The van der Waals surface area contributed by atoms with Gasteiger partial charge in [0.05, 0.1) is 0 Å². The van der Waals surface area contributed by atoms with Gasteiger partial charge in [-0.1, -0.05) is 0 Å². The zero-order chi connectivity index (χ0) is 14.8. The van der Waals surface area contributed by atoms with Crippen LogP contribution in [0.2, 0.25) is 0 Å². The number of halogens is 1. The molecular weight excluding hydrogens is 275 g/mol. The molecule has 2 aromatic rings. The Kier molecular flexibility index (Phi) is 3.66. The Morgan fingerprint density at radius 1 is 1.14 bits per heavy atom. The molecule has 1 aromatic carbocycles. The van der Waals surface area contributed by atoms with Crippen LogP contribution >= 0.6 is 0 Å². The molecule has 7 heteroatoms. The number of hydrogen-bond acceptors (Lipinski definition) is 5. The quantitative estimate of drug-likeness (QED) is 0.833. The van der Waals surface area contributed by atoms with E-state index in [1.54, 1.807) is 4.90 Å². The predicted octanol–water partition coefficient (Wildman–Crippen LogP) is 1.26. The minimum Gasteiger partial charge on any atom is -0.412 e. The lowest BCUT2D eigenvalue weighted by Gasteiger charge is -2.31. The first-order valence-corrected chi connectivity index (χ1v) is 6.71. The van der Waals surface area contributed by atoms with Crippen LogP contribution in [0.1, 0.15) is 10.7 Å². The van der Waals surface area contributed by atoms with E-state index in [0.717, 1.165) is 13.1 Å². The molecule has 0 bridgehead atoms. The van der Waals surface area contributed by atoms with Crippen molar-refractivity contribution < 1.29 is 13.6 Å². The van der Waals surface area contributed by atoms with Crippen molar-refractivity contribution in [3.05, 3.63) is 36.0 Å². The number of rotatable bonds is 2. The molecule has 110 valence electrons. The number of benzene rings is 1. The molecule has 1 fully saturated rings. The summed E-state index contributed by atoms with van der Waals surface area (Å²) in [5.41, 5.74) is 0.585. The highest BCUT2D eigenvalue weighted by molar-refractivity contribution is 5.89. The topological polar surface area (TPSA) is 62.5 Å². The fourth-order valence-electron chi connectivity index (χ4n) is 2.16. The summed E-state index contributed by atoms with van der Waals surface area (Å²) in [5.74, 6) is -0.415. The summed E-state index contributed by atoms with van der Waals surface area (Å²) < 4.78 is 18.3. The van der Waals surface area contributed by atoms with Crippen molar-refractivity contribution in [2.45, 2.75) is 0 Å². The Labute approximate surface area is 121 Å². The predicted molar refractivity (Wildman–Crippen MR) is 73.1 cm³/mol. The van der Waals surface area contributed by atoms with Crippen LogP contribution in [0.3, 0.4) is 0 Å². The SMILES string of the molecule is CN1CCN(C(=O)c2nnc(-c3ccc(F)cc3)o2)CC1. The molecule has 0 atom stereocenters. The maximum Gasteiger partial charge on any atom is 0.311 e. The van der Waals surface area contributed by atoms with Crippen LogP contribution in [-0.2, 0) is 0 Å². The van der Waals surface area contributed by atoms with Crippen molar-refractivity contribution in [3.8, 4) is 11.5 Å². The minimum absolute atomic E-state index is 0.0288. The van der Waals surface area contributed by atoms with E-state index in [1.165, 1.54) is 24.3 Å². The summed E-state index contributed by atoms with van der Waals surface area (Å²) in [6.07, 6.45) is 0. The van der Waals surface area contributed by atoms with Crippen LogP contribution < -0.4 is 0 Å². The van der Waals surface area contributed by atoms with Crippen molar-refractivity contribution in [1.29, 1.82) is 0 Å². The van der Waals surface area contributed by atoms with E-state index < -0.39 is 0 Å². The molecule has 21 heavy (non-hydrogen) atoms. The monoisotopic (exact) mass is 290 g/mol. The van der Waals surface area contributed by atoms with Gasteiger partial charge in [0.1, 0.15) is 5.82 Å². The number of hydrogen-bond donors (Lipinski definition) is 0. The second-order valence-electron chi connectivity index (χ2n) is 5.01. The fraction of sp³-hybridized carbons (Fsp3) is 0.357. The molecule has 1 aromatic heterocycles. The molecule has 0 spiro atoms. The van der Waals surface area contributed by atoms with Crippen molar-refractivity contribution in [2.24, 2.45) is 0 Å². The highest BCUT2D eigenvalue weighted by Gasteiger charge is 2.25. The molecule has 0 saturated carbocycles. The first-order chi connectivity index (χ1) is 10.1. The van der Waals surface area contributed by atoms with Gasteiger partial charge in [0, 0.05) is 31.7 Å². The van der Waals surface area contributed by atoms with Gasteiger partial charge < -0.3 is 14.2 Å². The number of nitrogens with zero attached hydrogens (tertiary/aromatic N) is 4. The number of aromatic nitrogens is 2. The lowest BCUT2D eigenvalue weighted by Crippen LogP contribution is -2.47. The average Bonchev–Trinajstić information content (AvgIpc) is 2.98. The van der Waals surface area contributed by atoms with Gasteiger partial charge in [-0.2, -0.15) is 0 Å². The van der Waals surface area contributed by atoms with E-state index in [9.17, 15) is 9.18 Å². The van der Waals surface area contributed by atoms with E-state index in [2.05, 4.69) is 15.1 Å². The molecule has 1 amide bonds. The third-order valence-electron chi connectivity index (χ3n) is 3.49. The molecule has 1 aliphatic heterocycles. The van der Waals surface area contributed by atoms with Gasteiger partial charge in [-0.05, 0) is 31.3 Å². The van der Waals surface area contributed by atoms with Gasteiger partial charge in [0.15, 0.2) is 0 Å². The molecule has 0 N–H and O–H groups in total. The molecule has 0 aliphatic carbocycles. The lowest BCUT2D eigenvalue weighted by molar-refractivity contribution is 0.0625. The van der Waals surface area contributed by atoms with Crippen molar-refractivity contribution in [3.63, 3.8) is 0 Å². The number of amides is 1. The molecule has 0 unspecified atom stereocenters. The van der Waals surface area contributed by atoms with E-state index >= 15 is 0 Å². The average molecular weight is 290 g/mol. The molecule has 1 saturated heterocycles. The number of carbonyl (C=O) groups excluding carboxylic acids is 1. The molecule has 2 heterocycles. The Morgan fingerprint density at radius 3 is 2.48 bits per heavy atom. The highest BCUT2D eigenvalue weighted by atomic mass is 19.1. The highest BCUT2D eigenvalue weighted by Crippen LogP contribution is 2.19. The van der Waals surface area contributed by atoms with Crippen LogP contribution in [0, 0.1) is 5.82 Å². The first kappa shape index (κ1) is 13.7. The maximum atomic E-state index is 12.9. The van der Waals surface area contributed by atoms with Crippen molar-refractivity contribution in [2.75, 3.05) is 33.2 Å². The third kappa shape index (κ3) is 2.92. The molecular formula is C14H15FN4O2. The number of likely N-dealkylation sites (N-methyl/N-ethyl adjacent to an activating group) is 1. The first-order valence-electron chi connectivity index (χ1n) is 6.71. The van der Waals surface area contributed by atoms with E-state index in [-0.39, 0.29) is 23.5 Å². The van der Waals surface area contributed by atoms with Gasteiger partial charge in [0.2, 0.25) is 5.89 Å². The minimum atomic E-state index is -0.341. The second-order valence-corrected chi connectivity index (χ2v) is 5.01.